The van der Waals surface area contributed by atoms with Gasteiger partial charge < -0.3 is 15.2 Å². The molecule has 22 heavy (non-hydrogen) atoms. The number of rotatable bonds is 3. The van der Waals surface area contributed by atoms with Crippen molar-refractivity contribution in [2.75, 3.05) is 0 Å². The summed E-state index contributed by atoms with van der Waals surface area (Å²) in [6.45, 7) is 0. The van der Waals surface area contributed by atoms with Gasteiger partial charge in [0.1, 0.15) is 17.3 Å². The number of primary amides is 1. The number of benzene rings is 2. The molecule has 1 amide bonds. The zero-order chi connectivity index (χ0) is 16.3. The number of alkyl halides is 3. The number of halogens is 4. The second kappa shape index (κ2) is 5.92. The molecule has 0 bridgehead atoms. The largest absolute Gasteiger partial charge is 0.573 e. The van der Waals surface area contributed by atoms with Crippen molar-refractivity contribution in [3.8, 4) is 22.6 Å². The number of carbonyl (C=O) groups excluding carboxylic acids is 1. The molecular formula is C14H9F4NO3. The van der Waals surface area contributed by atoms with Crippen LogP contribution in [0, 0.1) is 5.82 Å². The van der Waals surface area contributed by atoms with Crippen molar-refractivity contribution < 1.29 is 31.8 Å². The fraction of sp³-hybridized carbons (Fsp3) is 0.0714. The van der Waals surface area contributed by atoms with Gasteiger partial charge in [-0.15, -0.1) is 13.2 Å². The molecule has 0 saturated carbocycles. The van der Waals surface area contributed by atoms with Gasteiger partial charge in [-0.05, 0) is 29.8 Å². The molecule has 2 N–H and O–H groups in total. The number of hydrogen-bond donors (Lipinski definition) is 1. The zero-order valence-electron chi connectivity index (χ0n) is 10.9. The highest BCUT2D eigenvalue weighted by atomic mass is 19.4. The fourth-order valence-corrected chi connectivity index (χ4v) is 1.75. The van der Waals surface area contributed by atoms with Crippen LogP contribution < -0.4 is 15.2 Å². The van der Waals surface area contributed by atoms with E-state index in [1.165, 1.54) is 24.3 Å². The van der Waals surface area contributed by atoms with Crippen LogP contribution >= 0.6 is 0 Å². The molecule has 0 saturated heterocycles. The van der Waals surface area contributed by atoms with Crippen molar-refractivity contribution in [1.82, 2.24) is 0 Å². The van der Waals surface area contributed by atoms with Crippen LogP contribution in [-0.2, 0) is 0 Å². The molecule has 0 unspecified atom stereocenters. The lowest BCUT2D eigenvalue weighted by Gasteiger charge is -2.10. The van der Waals surface area contributed by atoms with Crippen LogP contribution in [-0.4, -0.2) is 12.5 Å². The summed E-state index contributed by atoms with van der Waals surface area (Å²) in [6.07, 6.45) is -5.87. The molecular weight excluding hydrogens is 306 g/mol. The summed E-state index contributed by atoms with van der Waals surface area (Å²) in [4.78, 5) is 10.6. The highest BCUT2D eigenvalue weighted by Gasteiger charge is 2.30. The molecule has 0 aliphatic heterocycles. The maximum atomic E-state index is 13.9. The van der Waals surface area contributed by atoms with E-state index in [0.29, 0.717) is 5.56 Å². The molecule has 0 aromatic heterocycles. The third kappa shape index (κ3) is 4.11. The van der Waals surface area contributed by atoms with Gasteiger partial charge in [0.15, 0.2) is 0 Å². The van der Waals surface area contributed by atoms with Crippen molar-refractivity contribution in [2.24, 2.45) is 5.73 Å². The molecule has 4 nitrogen and oxygen atoms in total. The number of amides is 1. The molecule has 0 atom stereocenters. The summed E-state index contributed by atoms with van der Waals surface area (Å²) in [5.41, 5.74) is 5.25. The minimum absolute atomic E-state index is 0.0780. The third-order valence-electron chi connectivity index (χ3n) is 2.56. The van der Waals surface area contributed by atoms with E-state index in [1.807, 2.05) is 0 Å². The van der Waals surface area contributed by atoms with Crippen LogP contribution in [0.25, 0.3) is 11.1 Å². The molecule has 2 aromatic carbocycles. The minimum atomic E-state index is -4.79. The smallest absolute Gasteiger partial charge is 0.410 e. The normalized spacial score (nSPS) is 11.1. The topological polar surface area (TPSA) is 61.6 Å². The molecule has 0 heterocycles. The maximum absolute atomic E-state index is 13.9. The van der Waals surface area contributed by atoms with Gasteiger partial charge in [-0.25, -0.2) is 9.18 Å². The van der Waals surface area contributed by atoms with Crippen LogP contribution in [0.5, 0.6) is 11.5 Å². The number of nitrogens with two attached hydrogens (primary N) is 1. The zero-order valence-corrected chi connectivity index (χ0v) is 10.9. The SMILES string of the molecule is NC(=O)Oc1ccc(-c2ccc(OC(F)(F)F)cc2)c(F)c1. The van der Waals surface area contributed by atoms with Crippen LogP contribution in [0.4, 0.5) is 22.4 Å². The average molecular weight is 315 g/mol. The molecule has 116 valence electrons. The van der Waals surface area contributed by atoms with E-state index < -0.39 is 24.0 Å². The predicted octanol–water partition coefficient (Wildman–Crippen LogP) is 3.85. The van der Waals surface area contributed by atoms with Gasteiger partial charge in [-0.1, -0.05) is 12.1 Å². The lowest BCUT2D eigenvalue weighted by atomic mass is 10.0. The summed E-state index contributed by atoms with van der Waals surface area (Å²) in [6, 6.07) is 8.24. The first-order valence-electron chi connectivity index (χ1n) is 5.87. The van der Waals surface area contributed by atoms with Crippen molar-refractivity contribution in [3.63, 3.8) is 0 Å². The summed E-state index contributed by atoms with van der Waals surface area (Å²) in [7, 11) is 0. The van der Waals surface area contributed by atoms with E-state index in [0.717, 1.165) is 18.2 Å². The molecule has 0 spiro atoms. The second-order valence-corrected chi connectivity index (χ2v) is 4.13. The summed E-state index contributed by atoms with van der Waals surface area (Å²) >= 11 is 0. The first kappa shape index (κ1) is 15.6. The molecule has 0 radical (unpaired) electrons. The van der Waals surface area contributed by atoms with E-state index in [9.17, 15) is 22.4 Å². The lowest BCUT2D eigenvalue weighted by molar-refractivity contribution is -0.274. The van der Waals surface area contributed by atoms with E-state index >= 15 is 0 Å². The second-order valence-electron chi connectivity index (χ2n) is 4.13. The summed E-state index contributed by atoms with van der Waals surface area (Å²) in [5, 5.41) is 0. The van der Waals surface area contributed by atoms with Crippen molar-refractivity contribution in [1.29, 1.82) is 0 Å². The van der Waals surface area contributed by atoms with Crippen LogP contribution in [0.15, 0.2) is 42.5 Å². The van der Waals surface area contributed by atoms with Gasteiger partial charge in [0, 0.05) is 11.6 Å². The third-order valence-corrected chi connectivity index (χ3v) is 2.56. The Kier molecular flexibility index (Phi) is 4.20. The molecule has 0 aliphatic carbocycles. The Bertz CT molecular complexity index is 683. The lowest BCUT2D eigenvalue weighted by Crippen LogP contribution is -2.17. The monoisotopic (exact) mass is 315 g/mol. The van der Waals surface area contributed by atoms with Crippen LogP contribution in [0.3, 0.4) is 0 Å². The van der Waals surface area contributed by atoms with E-state index in [-0.39, 0.29) is 11.3 Å². The predicted molar refractivity (Wildman–Crippen MR) is 68.7 cm³/mol. The molecule has 0 aliphatic rings. The van der Waals surface area contributed by atoms with Crippen molar-refractivity contribution >= 4 is 6.09 Å². The van der Waals surface area contributed by atoms with Crippen molar-refractivity contribution in [3.05, 3.63) is 48.3 Å². The number of hydrogen-bond acceptors (Lipinski definition) is 3. The first-order valence-corrected chi connectivity index (χ1v) is 5.87. The van der Waals surface area contributed by atoms with Gasteiger partial charge in [0.2, 0.25) is 0 Å². The van der Waals surface area contributed by atoms with Gasteiger partial charge >= 0.3 is 12.5 Å². The number of ether oxygens (including phenoxy) is 2. The van der Waals surface area contributed by atoms with Gasteiger partial charge in [0.05, 0.1) is 0 Å². The van der Waals surface area contributed by atoms with E-state index in [4.69, 9.17) is 5.73 Å². The minimum Gasteiger partial charge on any atom is -0.410 e. The Hall–Kier alpha value is -2.77. The van der Waals surface area contributed by atoms with Crippen LogP contribution in [0.1, 0.15) is 0 Å². The molecule has 2 rings (SSSR count). The summed E-state index contributed by atoms with van der Waals surface area (Å²) < 4.78 is 58.3. The van der Waals surface area contributed by atoms with Gasteiger partial charge in [0.25, 0.3) is 0 Å². The molecule has 8 heteroatoms. The molecule has 0 fully saturated rings. The van der Waals surface area contributed by atoms with E-state index in [2.05, 4.69) is 9.47 Å². The number of carbonyl (C=O) groups is 1. The standard InChI is InChI=1S/C14H9F4NO3/c15-12-7-10(21-13(19)20)5-6-11(12)8-1-3-9(4-2-8)22-14(16,17)18/h1-7H,(H2,19,20). The Morgan fingerprint density at radius 3 is 2.09 bits per heavy atom. The Morgan fingerprint density at radius 2 is 1.59 bits per heavy atom. The Labute approximate surface area is 122 Å². The van der Waals surface area contributed by atoms with Gasteiger partial charge in [-0.2, -0.15) is 0 Å². The van der Waals surface area contributed by atoms with Gasteiger partial charge in [-0.3, -0.25) is 0 Å². The highest BCUT2D eigenvalue weighted by molar-refractivity contribution is 5.70. The highest BCUT2D eigenvalue weighted by Crippen LogP contribution is 2.29. The van der Waals surface area contributed by atoms with Crippen LogP contribution in [0.2, 0.25) is 0 Å². The average Bonchev–Trinajstić information content (AvgIpc) is 2.37. The van der Waals surface area contributed by atoms with Crippen molar-refractivity contribution in [2.45, 2.75) is 6.36 Å². The Balaban J connectivity index is 2.23. The summed E-state index contributed by atoms with van der Waals surface area (Å²) in [5.74, 6) is -1.21. The van der Waals surface area contributed by atoms with E-state index in [1.54, 1.807) is 0 Å². The molecule has 2 aromatic rings. The maximum Gasteiger partial charge on any atom is 0.573 e. The first-order chi connectivity index (χ1) is 10.2. The fourth-order valence-electron chi connectivity index (χ4n) is 1.75. The Morgan fingerprint density at radius 1 is 1.00 bits per heavy atom. The quantitative estimate of drug-likeness (QED) is 0.875.